The van der Waals surface area contributed by atoms with E-state index in [1.807, 2.05) is 46.7 Å². The molecule has 0 saturated heterocycles. The third kappa shape index (κ3) is 2.71. The number of anilines is 1. The molecule has 1 N–H and O–H groups in total. The molecule has 7 heteroatoms. The van der Waals surface area contributed by atoms with Crippen molar-refractivity contribution in [3.05, 3.63) is 35.5 Å². The van der Waals surface area contributed by atoms with Gasteiger partial charge in [-0.05, 0) is 31.2 Å². The largest absolute Gasteiger partial charge is 0.359 e. The van der Waals surface area contributed by atoms with Crippen molar-refractivity contribution in [2.75, 3.05) is 18.1 Å². The van der Waals surface area contributed by atoms with E-state index >= 15 is 0 Å². The standard InChI is InChI=1S/C15H15ClN4S2/c1-21-15(6-7-15)9-17-13-19-20-8-12(18-14(20)22-13)10-2-4-11(16)5-3-10/h2-5,8H,6-7,9H2,1H3,(H,17,19). The number of aromatic nitrogens is 3. The summed E-state index contributed by atoms with van der Waals surface area (Å²) in [5.41, 5.74) is 1.97. The Morgan fingerprint density at radius 1 is 1.36 bits per heavy atom. The lowest BCUT2D eigenvalue weighted by molar-refractivity contribution is 0.918. The maximum Gasteiger partial charge on any atom is 0.214 e. The van der Waals surface area contributed by atoms with Crippen LogP contribution in [0.4, 0.5) is 5.13 Å². The predicted molar refractivity (Wildman–Crippen MR) is 95.3 cm³/mol. The van der Waals surface area contributed by atoms with Gasteiger partial charge in [-0.1, -0.05) is 35.1 Å². The number of hydrogen-bond acceptors (Lipinski definition) is 5. The van der Waals surface area contributed by atoms with Crippen molar-refractivity contribution < 1.29 is 0 Å². The Morgan fingerprint density at radius 2 is 2.14 bits per heavy atom. The highest BCUT2D eigenvalue weighted by Gasteiger charge is 2.41. The Labute approximate surface area is 141 Å². The van der Waals surface area contributed by atoms with Gasteiger partial charge in [-0.3, -0.25) is 0 Å². The van der Waals surface area contributed by atoms with Crippen molar-refractivity contribution >= 4 is 44.8 Å². The summed E-state index contributed by atoms with van der Waals surface area (Å²) in [7, 11) is 0. The molecule has 2 aromatic heterocycles. The van der Waals surface area contributed by atoms with Crippen LogP contribution in [0.5, 0.6) is 0 Å². The van der Waals surface area contributed by atoms with Gasteiger partial charge in [0.05, 0.1) is 11.9 Å². The van der Waals surface area contributed by atoms with Crippen LogP contribution in [-0.4, -0.2) is 32.1 Å². The quantitative estimate of drug-likeness (QED) is 0.739. The maximum absolute atomic E-state index is 5.92. The second-order valence-electron chi connectivity index (χ2n) is 5.51. The van der Waals surface area contributed by atoms with Crippen LogP contribution in [0.2, 0.25) is 5.02 Å². The molecule has 114 valence electrons. The SMILES string of the molecule is CSC1(CNc2nn3cc(-c4ccc(Cl)cc4)nc3s2)CC1. The number of imidazole rings is 1. The summed E-state index contributed by atoms with van der Waals surface area (Å²) in [6.07, 6.45) is 6.73. The normalized spacial score (nSPS) is 16.1. The van der Waals surface area contributed by atoms with Crippen LogP contribution < -0.4 is 5.32 Å². The molecule has 0 atom stereocenters. The van der Waals surface area contributed by atoms with Gasteiger partial charge in [0.2, 0.25) is 10.1 Å². The summed E-state index contributed by atoms with van der Waals surface area (Å²) in [6, 6.07) is 7.71. The van der Waals surface area contributed by atoms with Gasteiger partial charge < -0.3 is 5.32 Å². The predicted octanol–water partition coefficient (Wildman–Crippen LogP) is 4.42. The van der Waals surface area contributed by atoms with E-state index in [1.165, 1.54) is 12.8 Å². The fourth-order valence-electron chi connectivity index (χ4n) is 2.36. The van der Waals surface area contributed by atoms with Crippen LogP contribution >= 0.6 is 34.7 Å². The Balaban J connectivity index is 1.53. The van der Waals surface area contributed by atoms with Crippen molar-refractivity contribution in [3.8, 4) is 11.3 Å². The topological polar surface area (TPSA) is 42.2 Å². The van der Waals surface area contributed by atoms with E-state index in [4.69, 9.17) is 11.6 Å². The minimum Gasteiger partial charge on any atom is -0.359 e. The van der Waals surface area contributed by atoms with Crippen LogP contribution in [0.15, 0.2) is 30.5 Å². The van der Waals surface area contributed by atoms with Crippen LogP contribution in [0.25, 0.3) is 16.2 Å². The summed E-state index contributed by atoms with van der Waals surface area (Å²) in [5, 5.41) is 9.69. The van der Waals surface area contributed by atoms with E-state index in [0.717, 1.165) is 32.9 Å². The summed E-state index contributed by atoms with van der Waals surface area (Å²) >= 11 is 9.46. The first-order valence-corrected chi connectivity index (χ1v) is 9.51. The molecule has 0 radical (unpaired) electrons. The highest BCUT2D eigenvalue weighted by molar-refractivity contribution is 8.00. The Bertz CT molecular complexity index is 773. The number of hydrogen-bond donors (Lipinski definition) is 1. The molecule has 1 aromatic carbocycles. The number of fused-ring (bicyclic) bond motifs is 1. The lowest BCUT2D eigenvalue weighted by atomic mass is 10.2. The molecule has 0 bridgehead atoms. The lowest BCUT2D eigenvalue weighted by Crippen LogP contribution is -2.17. The molecular formula is C15H15ClN4S2. The van der Waals surface area contributed by atoms with Gasteiger partial charge in [0, 0.05) is 21.9 Å². The number of thioether (sulfide) groups is 1. The van der Waals surface area contributed by atoms with Crippen molar-refractivity contribution in [2.45, 2.75) is 17.6 Å². The lowest BCUT2D eigenvalue weighted by Gasteiger charge is -2.11. The van der Waals surface area contributed by atoms with Gasteiger partial charge in [0.1, 0.15) is 0 Å². The molecule has 0 aliphatic heterocycles. The number of halogens is 1. The first-order valence-electron chi connectivity index (χ1n) is 7.09. The maximum atomic E-state index is 5.92. The fourth-order valence-corrected chi connectivity index (χ4v) is 3.99. The van der Waals surface area contributed by atoms with Crippen LogP contribution in [0.3, 0.4) is 0 Å². The third-order valence-electron chi connectivity index (χ3n) is 3.99. The Morgan fingerprint density at radius 3 is 2.77 bits per heavy atom. The average molecular weight is 351 g/mol. The molecule has 22 heavy (non-hydrogen) atoms. The zero-order chi connectivity index (χ0) is 15.2. The van der Waals surface area contributed by atoms with Crippen molar-refractivity contribution in [3.63, 3.8) is 0 Å². The molecule has 1 aliphatic carbocycles. The second-order valence-corrected chi connectivity index (χ2v) is 8.17. The van der Waals surface area contributed by atoms with Crippen LogP contribution in [0.1, 0.15) is 12.8 Å². The minimum absolute atomic E-state index is 0.433. The molecular weight excluding hydrogens is 336 g/mol. The number of nitrogens with one attached hydrogen (secondary N) is 1. The molecule has 0 spiro atoms. The summed E-state index contributed by atoms with van der Waals surface area (Å²) in [6.45, 7) is 0.981. The second kappa shape index (κ2) is 5.44. The van der Waals surface area contributed by atoms with Gasteiger partial charge in [-0.15, -0.1) is 5.10 Å². The first-order chi connectivity index (χ1) is 10.7. The molecule has 3 aromatic rings. The van der Waals surface area contributed by atoms with Crippen molar-refractivity contribution in [1.29, 1.82) is 0 Å². The van der Waals surface area contributed by atoms with Crippen LogP contribution in [0, 0.1) is 0 Å². The smallest absolute Gasteiger partial charge is 0.214 e. The summed E-state index contributed by atoms with van der Waals surface area (Å²) in [4.78, 5) is 5.55. The monoisotopic (exact) mass is 350 g/mol. The highest BCUT2D eigenvalue weighted by Crippen LogP contribution is 2.47. The summed E-state index contributed by atoms with van der Waals surface area (Å²) in [5.74, 6) is 0. The molecule has 1 fully saturated rings. The van der Waals surface area contributed by atoms with Gasteiger partial charge in [0.25, 0.3) is 0 Å². The van der Waals surface area contributed by atoms with E-state index in [2.05, 4.69) is 21.7 Å². The van der Waals surface area contributed by atoms with Gasteiger partial charge in [-0.2, -0.15) is 11.8 Å². The molecule has 4 nitrogen and oxygen atoms in total. The Kier molecular flexibility index (Phi) is 3.55. The van der Waals surface area contributed by atoms with Gasteiger partial charge in [-0.25, -0.2) is 9.50 Å². The first kappa shape index (κ1) is 14.4. The minimum atomic E-state index is 0.433. The summed E-state index contributed by atoms with van der Waals surface area (Å²) < 4.78 is 2.28. The molecule has 0 unspecified atom stereocenters. The molecule has 0 amide bonds. The Hall–Kier alpha value is -1.24. The van der Waals surface area contributed by atoms with E-state index < -0.39 is 0 Å². The average Bonchev–Trinajstić information content (AvgIpc) is 3.05. The fraction of sp³-hybridized carbons (Fsp3) is 0.333. The number of rotatable bonds is 5. The van der Waals surface area contributed by atoms with Crippen molar-refractivity contribution in [2.24, 2.45) is 0 Å². The molecule has 1 aliphatic rings. The van der Waals surface area contributed by atoms with Crippen molar-refractivity contribution in [1.82, 2.24) is 14.6 Å². The van der Waals surface area contributed by atoms with Crippen LogP contribution in [-0.2, 0) is 0 Å². The van der Waals surface area contributed by atoms with E-state index in [-0.39, 0.29) is 0 Å². The zero-order valence-electron chi connectivity index (χ0n) is 12.0. The molecule has 2 heterocycles. The van der Waals surface area contributed by atoms with Gasteiger partial charge in [0.15, 0.2) is 0 Å². The zero-order valence-corrected chi connectivity index (χ0v) is 14.4. The number of benzene rings is 1. The highest BCUT2D eigenvalue weighted by atomic mass is 35.5. The van der Waals surface area contributed by atoms with Gasteiger partial charge >= 0.3 is 0 Å². The third-order valence-corrected chi connectivity index (χ3v) is 6.54. The molecule has 1 saturated carbocycles. The van der Waals surface area contributed by atoms with E-state index in [0.29, 0.717) is 4.75 Å². The number of nitrogens with zero attached hydrogens (tertiary/aromatic N) is 3. The molecule has 4 rings (SSSR count). The van der Waals surface area contributed by atoms with E-state index in [1.54, 1.807) is 11.3 Å². The van der Waals surface area contributed by atoms with E-state index in [9.17, 15) is 0 Å².